The predicted molar refractivity (Wildman–Crippen MR) is 76.2 cm³/mol. The van der Waals surface area contributed by atoms with Gasteiger partial charge in [0.15, 0.2) is 17.4 Å². The minimum Gasteiger partial charge on any atom is -0.491 e. The van der Waals surface area contributed by atoms with Crippen molar-refractivity contribution >= 4 is 24.0 Å². The van der Waals surface area contributed by atoms with Gasteiger partial charge in [-0.05, 0) is 5.92 Å². The molecule has 0 fully saturated rings. The van der Waals surface area contributed by atoms with Crippen molar-refractivity contribution in [3.63, 3.8) is 0 Å². The van der Waals surface area contributed by atoms with Crippen LogP contribution in [0.25, 0.3) is 0 Å². The topological polar surface area (TPSA) is 64.4 Å². The number of halogens is 3. The number of carbonyl (C=O) groups excluding carboxylic acids is 1. The number of ether oxygens (including phenoxy) is 1. The number of hydrogen-bond donors (Lipinski definition) is 2. The van der Waals surface area contributed by atoms with Gasteiger partial charge in [0.05, 0.1) is 13.2 Å². The highest BCUT2D eigenvalue weighted by molar-refractivity contribution is 5.94. The molecule has 0 aromatic heterocycles. The molecule has 3 N–H and O–H groups in total. The molecular weight excluding hydrogens is 290 g/mol. The fourth-order valence-corrected chi connectivity index (χ4v) is 1.57. The lowest BCUT2D eigenvalue weighted by Crippen LogP contribution is -2.40. The number of nitrogens with two attached hydrogens (primary N) is 1. The quantitative estimate of drug-likeness (QED) is 0.879. The molecule has 0 radical (unpaired) electrons. The molecule has 0 aliphatic carbocycles. The van der Waals surface area contributed by atoms with Crippen LogP contribution in [0.1, 0.15) is 20.3 Å². The molecule has 1 aromatic rings. The van der Waals surface area contributed by atoms with Crippen LogP contribution in [0, 0.1) is 17.6 Å². The van der Waals surface area contributed by atoms with Gasteiger partial charge in [0.1, 0.15) is 0 Å². The van der Waals surface area contributed by atoms with E-state index in [0.717, 1.165) is 18.6 Å². The normalized spacial score (nSPS) is 13.1. The van der Waals surface area contributed by atoms with Crippen LogP contribution in [0.4, 0.5) is 14.5 Å². The Morgan fingerprint density at radius 3 is 2.30 bits per heavy atom. The van der Waals surface area contributed by atoms with E-state index in [1.807, 2.05) is 13.8 Å². The highest BCUT2D eigenvalue weighted by atomic mass is 35.5. The zero-order valence-electron chi connectivity index (χ0n) is 11.6. The van der Waals surface area contributed by atoms with Crippen LogP contribution in [-0.4, -0.2) is 19.1 Å². The Kier molecular flexibility index (Phi) is 7.45. The van der Waals surface area contributed by atoms with E-state index < -0.39 is 29.3 Å². The van der Waals surface area contributed by atoms with Crippen molar-refractivity contribution in [3.05, 3.63) is 23.8 Å². The number of carbonyl (C=O) groups is 1. The second-order valence-corrected chi connectivity index (χ2v) is 4.37. The Labute approximate surface area is 123 Å². The summed E-state index contributed by atoms with van der Waals surface area (Å²) in [5, 5.41) is 2.39. The van der Waals surface area contributed by atoms with Crippen molar-refractivity contribution in [3.8, 4) is 5.75 Å². The van der Waals surface area contributed by atoms with E-state index in [4.69, 9.17) is 5.73 Å². The SMILES string of the molecule is CCC(C)C(N)C(=O)Nc1cc(F)c(OC)c(F)c1.Cl. The summed E-state index contributed by atoms with van der Waals surface area (Å²) in [6, 6.07) is 1.25. The van der Waals surface area contributed by atoms with E-state index in [1.165, 1.54) is 7.11 Å². The molecule has 7 heteroatoms. The van der Waals surface area contributed by atoms with Gasteiger partial charge in [-0.3, -0.25) is 4.79 Å². The van der Waals surface area contributed by atoms with Crippen LogP contribution in [0.3, 0.4) is 0 Å². The van der Waals surface area contributed by atoms with Crippen LogP contribution in [-0.2, 0) is 4.79 Å². The fraction of sp³-hybridized carbons (Fsp3) is 0.462. The molecule has 4 nitrogen and oxygen atoms in total. The number of hydrogen-bond acceptors (Lipinski definition) is 3. The number of benzene rings is 1. The Hall–Kier alpha value is -1.40. The van der Waals surface area contributed by atoms with Gasteiger partial charge in [-0.25, -0.2) is 8.78 Å². The smallest absolute Gasteiger partial charge is 0.241 e. The van der Waals surface area contributed by atoms with Crippen molar-refractivity contribution < 1.29 is 18.3 Å². The molecule has 2 atom stereocenters. The van der Waals surface area contributed by atoms with Crippen molar-refractivity contribution in [2.45, 2.75) is 26.3 Å². The highest BCUT2D eigenvalue weighted by Gasteiger charge is 2.20. The lowest BCUT2D eigenvalue weighted by Gasteiger charge is -2.18. The summed E-state index contributed by atoms with van der Waals surface area (Å²) in [4.78, 5) is 11.8. The monoisotopic (exact) mass is 308 g/mol. The first-order valence-electron chi connectivity index (χ1n) is 6.00. The number of anilines is 1. The molecule has 0 heterocycles. The molecule has 0 aliphatic heterocycles. The Morgan fingerprint density at radius 1 is 1.40 bits per heavy atom. The maximum absolute atomic E-state index is 13.4. The van der Waals surface area contributed by atoms with Gasteiger partial charge in [-0.15, -0.1) is 12.4 Å². The van der Waals surface area contributed by atoms with E-state index in [-0.39, 0.29) is 24.0 Å². The van der Waals surface area contributed by atoms with Crippen LogP contribution >= 0.6 is 12.4 Å². The lowest BCUT2D eigenvalue weighted by atomic mass is 9.99. The molecule has 20 heavy (non-hydrogen) atoms. The second-order valence-electron chi connectivity index (χ2n) is 4.37. The van der Waals surface area contributed by atoms with Crippen LogP contribution in [0.2, 0.25) is 0 Å². The average Bonchev–Trinajstić information content (AvgIpc) is 2.36. The standard InChI is InChI=1S/C13H18F2N2O2.ClH/c1-4-7(2)11(16)13(18)17-8-5-9(14)12(19-3)10(15)6-8;/h5-7,11H,4,16H2,1-3H3,(H,17,18);1H. The summed E-state index contributed by atoms with van der Waals surface area (Å²) in [6.07, 6.45) is 0.736. The van der Waals surface area contributed by atoms with E-state index in [1.54, 1.807) is 0 Å². The Balaban J connectivity index is 0.00000361. The average molecular weight is 309 g/mol. The third kappa shape index (κ3) is 4.31. The Morgan fingerprint density at radius 2 is 1.90 bits per heavy atom. The maximum Gasteiger partial charge on any atom is 0.241 e. The number of rotatable bonds is 5. The van der Waals surface area contributed by atoms with Gasteiger partial charge in [0.25, 0.3) is 0 Å². The molecule has 1 aromatic carbocycles. The molecule has 114 valence electrons. The zero-order valence-corrected chi connectivity index (χ0v) is 12.4. The van der Waals surface area contributed by atoms with Crippen LogP contribution < -0.4 is 15.8 Å². The van der Waals surface area contributed by atoms with Crippen LogP contribution in [0.15, 0.2) is 12.1 Å². The number of nitrogens with one attached hydrogen (secondary N) is 1. The van der Waals surface area contributed by atoms with Crippen molar-refractivity contribution in [1.29, 1.82) is 0 Å². The molecular formula is C13H19ClF2N2O2. The molecule has 0 saturated heterocycles. The summed E-state index contributed by atoms with van der Waals surface area (Å²) in [5.41, 5.74) is 5.74. The largest absolute Gasteiger partial charge is 0.491 e. The molecule has 1 rings (SSSR count). The minimum atomic E-state index is -0.880. The van der Waals surface area contributed by atoms with Crippen LogP contribution in [0.5, 0.6) is 5.75 Å². The number of amides is 1. The lowest BCUT2D eigenvalue weighted by molar-refractivity contribution is -0.118. The third-order valence-electron chi connectivity index (χ3n) is 3.03. The van der Waals surface area contributed by atoms with E-state index in [2.05, 4.69) is 10.1 Å². The third-order valence-corrected chi connectivity index (χ3v) is 3.03. The molecule has 0 saturated carbocycles. The molecule has 0 spiro atoms. The van der Waals surface area contributed by atoms with Crippen molar-refractivity contribution in [2.24, 2.45) is 11.7 Å². The number of methoxy groups -OCH3 is 1. The van der Waals surface area contributed by atoms with Gasteiger partial charge in [0.2, 0.25) is 5.91 Å². The first kappa shape index (κ1) is 18.6. The molecule has 0 aliphatic rings. The van der Waals surface area contributed by atoms with Gasteiger partial charge in [-0.1, -0.05) is 20.3 Å². The molecule has 2 unspecified atom stereocenters. The maximum atomic E-state index is 13.4. The van der Waals surface area contributed by atoms with Gasteiger partial charge in [-0.2, -0.15) is 0 Å². The van der Waals surface area contributed by atoms with Gasteiger partial charge in [0, 0.05) is 17.8 Å². The van der Waals surface area contributed by atoms with Crippen molar-refractivity contribution in [2.75, 3.05) is 12.4 Å². The first-order chi connectivity index (χ1) is 8.90. The molecule has 0 bridgehead atoms. The second kappa shape index (κ2) is 8.01. The first-order valence-corrected chi connectivity index (χ1v) is 6.00. The summed E-state index contributed by atoms with van der Waals surface area (Å²) in [7, 11) is 1.17. The zero-order chi connectivity index (χ0) is 14.6. The summed E-state index contributed by atoms with van der Waals surface area (Å²) >= 11 is 0. The summed E-state index contributed by atoms with van der Waals surface area (Å²) in [6.45, 7) is 3.74. The molecule has 1 amide bonds. The highest BCUT2D eigenvalue weighted by Crippen LogP contribution is 2.25. The van der Waals surface area contributed by atoms with E-state index >= 15 is 0 Å². The summed E-state index contributed by atoms with van der Waals surface area (Å²) in [5.74, 6) is -2.74. The van der Waals surface area contributed by atoms with E-state index in [9.17, 15) is 13.6 Å². The fourth-order valence-electron chi connectivity index (χ4n) is 1.57. The van der Waals surface area contributed by atoms with Crippen molar-refractivity contribution in [1.82, 2.24) is 0 Å². The summed E-state index contributed by atoms with van der Waals surface area (Å²) < 4.78 is 31.4. The van der Waals surface area contributed by atoms with Gasteiger partial charge >= 0.3 is 0 Å². The van der Waals surface area contributed by atoms with E-state index in [0.29, 0.717) is 0 Å². The minimum absolute atomic E-state index is 0. The van der Waals surface area contributed by atoms with Gasteiger partial charge < -0.3 is 15.8 Å². The Bertz CT molecular complexity index is 449. The predicted octanol–water partition coefficient (Wildman–Crippen LogP) is 2.71.